The molecule has 1 heterocycles. The Labute approximate surface area is 102 Å². The Kier molecular flexibility index (Phi) is 5.14. The summed E-state index contributed by atoms with van der Waals surface area (Å²) in [7, 11) is 1.47. The standard InChI is InChI=1S/C10H14F3N3O2/c1-3-14-9-15-7(10(11,12)13)6-8(16-9)18-5-4-17-2/h6H,3-5H2,1-2H3,(H,14,15,16). The van der Waals surface area contributed by atoms with Crippen molar-refractivity contribution < 1.29 is 22.6 Å². The van der Waals surface area contributed by atoms with Crippen LogP contribution in [0.5, 0.6) is 5.88 Å². The lowest BCUT2D eigenvalue weighted by Gasteiger charge is -2.11. The first-order chi connectivity index (χ1) is 8.47. The number of methoxy groups -OCH3 is 1. The second kappa shape index (κ2) is 6.39. The van der Waals surface area contributed by atoms with Crippen LogP contribution < -0.4 is 10.1 Å². The van der Waals surface area contributed by atoms with Gasteiger partial charge in [-0.1, -0.05) is 0 Å². The minimum Gasteiger partial charge on any atom is -0.475 e. The molecule has 0 bridgehead atoms. The first kappa shape index (κ1) is 14.5. The molecule has 0 aromatic carbocycles. The van der Waals surface area contributed by atoms with E-state index in [4.69, 9.17) is 9.47 Å². The molecule has 0 aliphatic carbocycles. The maximum absolute atomic E-state index is 12.6. The number of hydrogen-bond acceptors (Lipinski definition) is 5. The topological polar surface area (TPSA) is 56.3 Å². The largest absolute Gasteiger partial charge is 0.475 e. The minimum absolute atomic E-state index is 0.111. The molecule has 5 nitrogen and oxygen atoms in total. The molecule has 0 unspecified atom stereocenters. The normalized spacial score (nSPS) is 11.4. The van der Waals surface area contributed by atoms with Gasteiger partial charge in [-0.3, -0.25) is 0 Å². The van der Waals surface area contributed by atoms with Crippen molar-refractivity contribution in [2.75, 3.05) is 32.2 Å². The van der Waals surface area contributed by atoms with Gasteiger partial charge in [0.2, 0.25) is 11.8 Å². The predicted octanol–water partition coefficient (Wildman–Crippen LogP) is 1.95. The van der Waals surface area contributed by atoms with Crippen LogP contribution in [0.1, 0.15) is 12.6 Å². The van der Waals surface area contributed by atoms with Gasteiger partial charge in [0.25, 0.3) is 0 Å². The number of hydrogen-bond donors (Lipinski definition) is 1. The molecule has 0 radical (unpaired) electrons. The Morgan fingerprint density at radius 1 is 1.28 bits per heavy atom. The van der Waals surface area contributed by atoms with E-state index in [2.05, 4.69) is 15.3 Å². The van der Waals surface area contributed by atoms with Gasteiger partial charge in [-0.2, -0.15) is 18.2 Å². The van der Waals surface area contributed by atoms with E-state index in [9.17, 15) is 13.2 Å². The van der Waals surface area contributed by atoms with Crippen molar-refractivity contribution in [3.8, 4) is 5.88 Å². The number of rotatable bonds is 6. The number of nitrogens with one attached hydrogen (secondary N) is 1. The summed E-state index contributed by atoms with van der Waals surface area (Å²) < 4.78 is 47.5. The molecule has 8 heteroatoms. The summed E-state index contributed by atoms with van der Waals surface area (Å²) in [6.45, 7) is 2.53. The maximum atomic E-state index is 12.6. The summed E-state index contributed by atoms with van der Waals surface area (Å²) in [6.07, 6.45) is -4.54. The van der Waals surface area contributed by atoms with E-state index in [1.807, 2.05) is 0 Å². The maximum Gasteiger partial charge on any atom is 0.433 e. The van der Waals surface area contributed by atoms with E-state index in [1.165, 1.54) is 7.11 Å². The van der Waals surface area contributed by atoms with Crippen LogP contribution in [0.4, 0.5) is 19.1 Å². The van der Waals surface area contributed by atoms with E-state index in [1.54, 1.807) is 6.92 Å². The molecule has 0 amide bonds. The lowest BCUT2D eigenvalue weighted by molar-refractivity contribution is -0.141. The van der Waals surface area contributed by atoms with Crippen LogP contribution in [0.3, 0.4) is 0 Å². The molecule has 1 aromatic heterocycles. The highest BCUT2D eigenvalue weighted by molar-refractivity contribution is 5.31. The first-order valence-electron chi connectivity index (χ1n) is 5.29. The molecule has 0 saturated heterocycles. The molecule has 0 spiro atoms. The molecule has 0 aliphatic rings. The van der Waals surface area contributed by atoms with E-state index in [0.717, 1.165) is 6.07 Å². The third-order valence-electron chi connectivity index (χ3n) is 1.87. The molecule has 1 rings (SSSR count). The fraction of sp³-hybridized carbons (Fsp3) is 0.600. The van der Waals surface area contributed by atoms with E-state index < -0.39 is 11.9 Å². The van der Waals surface area contributed by atoms with Crippen LogP contribution in [0.2, 0.25) is 0 Å². The monoisotopic (exact) mass is 265 g/mol. The number of ether oxygens (including phenoxy) is 2. The Balaban J connectivity index is 2.91. The van der Waals surface area contributed by atoms with Gasteiger partial charge in [0.1, 0.15) is 6.61 Å². The van der Waals surface area contributed by atoms with Crippen molar-refractivity contribution in [1.82, 2.24) is 9.97 Å². The van der Waals surface area contributed by atoms with Crippen LogP contribution in [0, 0.1) is 0 Å². The van der Waals surface area contributed by atoms with Crippen LogP contribution in [-0.4, -0.2) is 36.8 Å². The summed E-state index contributed by atoms with van der Waals surface area (Å²) in [5.74, 6) is -0.245. The van der Waals surface area contributed by atoms with Crippen molar-refractivity contribution in [1.29, 1.82) is 0 Å². The predicted molar refractivity (Wildman–Crippen MR) is 58.6 cm³/mol. The molecule has 1 aromatic rings. The fourth-order valence-corrected chi connectivity index (χ4v) is 1.11. The number of halogens is 3. The van der Waals surface area contributed by atoms with Gasteiger partial charge in [0.15, 0.2) is 5.69 Å². The number of aromatic nitrogens is 2. The molecule has 0 aliphatic heterocycles. The van der Waals surface area contributed by atoms with Crippen LogP contribution in [-0.2, 0) is 10.9 Å². The molecule has 0 fully saturated rings. The minimum atomic E-state index is -4.54. The second-order valence-corrected chi connectivity index (χ2v) is 3.28. The number of nitrogens with zero attached hydrogens (tertiary/aromatic N) is 2. The summed E-state index contributed by atoms with van der Waals surface area (Å²) in [5.41, 5.74) is -1.04. The Morgan fingerprint density at radius 3 is 2.56 bits per heavy atom. The molecule has 0 saturated carbocycles. The zero-order chi connectivity index (χ0) is 13.6. The van der Waals surface area contributed by atoms with Gasteiger partial charge in [0.05, 0.1) is 6.61 Å². The quantitative estimate of drug-likeness (QED) is 0.797. The highest BCUT2D eigenvalue weighted by Crippen LogP contribution is 2.30. The van der Waals surface area contributed by atoms with Gasteiger partial charge in [-0.25, -0.2) is 4.98 Å². The molecule has 0 atom stereocenters. The van der Waals surface area contributed by atoms with Gasteiger partial charge in [-0.05, 0) is 6.92 Å². The summed E-state index contributed by atoms with van der Waals surface area (Å²) in [5, 5.41) is 2.62. The summed E-state index contributed by atoms with van der Waals surface area (Å²) in [6, 6.07) is 0.760. The van der Waals surface area contributed by atoms with Crippen molar-refractivity contribution >= 4 is 5.95 Å². The Morgan fingerprint density at radius 2 is 2.00 bits per heavy atom. The third-order valence-corrected chi connectivity index (χ3v) is 1.87. The first-order valence-corrected chi connectivity index (χ1v) is 5.29. The third kappa shape index (κ3) is 4.36. The van der Waals surface area contributed by atoms with Gasteiger partial charge >= 0.3 is 6.18 Å². The van der Waals surface area contributed by atoms with Gasteiger partial charge in [0, 0.05) is 19.7 Å². The molecule has 18 heavy (non-hydrogen) atoms. The second-order valence-electron chi connectivity index (χ2n) is 3.28. The van der Waals surface area contributed by atoms with E-state index >= 15 is 0 Å². The Bertz CT molecular complexity index is 385. The zero-order valence-corrected chi connectivity index (χ0v) is 10.0. The fourth-order valence-electron chi connectivity index (χ4n) is 1.11. The lowest BCUT2D eigenvalue weighted by atomic mass is 10.4. The highest BCUT2D eigenvalue weighted by atomic mass is 19.4. The van der Waals surface area contributed by atoms with Crippen molar-refractivity contribution in [2.24, 2.45) is 0 Å². The average molecular weight is 265 g/mol. The van der Waals surface area contributed by atoms with Crippen LogP contribution in [0.25, 0.3) is 0 Å². The van der Waals surface area contributed by atoms with Gasteiger partial charge in [-0.15, -0.1) is 0 Å². The van der Waals surface area contributed by atoms with Crippen molar-refractivity contribution in [3.63, 3.8) is 0 Å². The molecular formula is C10H14F3N3O2. The number of anilines is 1. The average Bonchev–Trinajstić information content (AvgIpc) is 2.28. The van der Waals surface area contributed by atoms with Crippen LogP contribution in [0.15, 0.2) is 6.07 Å². The van der Waals surface area contributed by atoms with Crippen LogP contribution >= 0.6 is 0 Å². The molecule has 1 N–H and O–H groups in total. The van der Waals surface area contributed by atoms with E-state index in [-0.39, 0.29) is 25.0 Å². The SMILES string of the molecule is CCNc1nc(OCCOC)cc(C(F)(F)F)n1. The highest BCUT2D eigenvalue weighted by Gasteiger charge is 2.34. The molecule has 102 valence electrons. The summed E-state index contributed by atoms with van der Waals surface area (Å²) >= 11 is 0. The van der Waals surface area contributed by atoms with Gasteiger partial charge < -0.3 is 14.8 Å². The van der Waals surface area contributed by atoms with E-state index in [0.29, 0.717) is 6.54 Å². The van der Waals surface area contributed by atoms with Crippen molar-refractivity contribution in [3.05, 3.63) is 11.8 Å². The summed E-state index contributed by atoms with van der Waals surface area (Å²) in [4.78, 5) is 7.17. The van der Waals surface area contributed by atoms with Crippen molar-refractivity contribution in [2.45, 2.75) is 13.1 Å². The Hall–Kier alpha value is -1.57. The molecular weight excluding hydrogens is 251 g/mol. The zero-order valence-electron chi connectivity index (χ0n) is 10.0. The lowest BCUT2D eigenvalue weighted by Crippen LogP contribution is -2.14. The number of alkyl halides is 3. The smallest absolute Gasteiger partial charge is 0.433 e.